The molecule has 0 spiro atoms. The highest BCUT2D eigenvalue weighted by atomic mass is 19.1. The van der Waals surface area contributed by atoms with Gasteiger partial charge in [0, 0.05) is 29.4 Å². The molecule has 1 aliphatic heterocycles. The first-order chi connectivity index (χ1) is 14.0. The van der Waals surface area contributed by atoms with Gasteiger partial charge in [-0.2, -0.15) is 0 Å². The van der Waals surface area contributed by atoms with Crippen molar-refractivity contribution >= 4 is 11.7 Å². The first kappa shape index (κ1) is 19.1. The Morgan fingerprint density at radius 2 is 1.86 bits per heavy atom. The van der Waals surface area contributed by atoms with Crippen molar-refractivity contribution in [2.45, 2.75) is 26.4 Å². The van der Waals surface area contributed by atoms with Gasteiger partial charge in [-0.1, -0.05) is 24.3 Å². The molecule has 6 heteroatoms. The minimum absolute atomic E-state index is 0.00954. The summed E-state index contributed by atoms with van der Waals surface area (Å²) in [5.41, 5.74) is 3.33. The number of pyridine rings is 1. The Hall–Kier alpha value is -3.28. The van der Waals surface area contributed by atoms with Gasteiger partial charge < -0.3 is 10.2 Å². The molecule has 1 unspecified atom stereocenters. The maximum Gasteiger partial charge on any atom is 0.254 e. The highest BCUT2D eigenvalue weighted by Crippen LogP contribution is 2.31. The number of halogens is 2. The number of aromatic nitrogens is 1. The van der Waals surface area contributed by atoms with E-state index in [2.05, 4.69) is 10.3 Å². The third kappa shape index (κ3) is 3.58. The molecule has 1 aliphatic rings. The Balaban J connectivity index is 1.57. The molecule has 2 heterocycles. The minimum Gasteiger partial charge on any atom is -0.363 e. The number of carbonyl (C=O) groups is 1. The summed E-state index contributed by atoms with van der Waals surface area (Å²) in [4.78, 5) is 18.5. The molecule has 2 aromatic carbocycles. The first-order valence-electron chi connectivity index (χ1n) is 9.57. The van der Waals surface area contributed by atoms with Gasteiger partial charge in [-0.3, -0.25) is 4.79 Å². The summed E-state index contributed by atoms with van der Waals surface area (Å²) in [6.07, 6.45) is 1.61. The summed E-state index contributed by atoms with van der Waals surface area (Å²) >= 11 is 0. The molecule has 3 aromatic rings. The lowest BCUT2D eigenvalue weighted by atomic mass is 10.0. The molecule has 1 N–H and O–H groups in total. The number of hydrogen-bond acceptors (Lipinski definition) is 3. The van der Waals surface area contributed by atoms with Crippen LogP contribution in [0.5, 0.6) is 0 Å². The lowest BCUT2D eigenvalue weighted by Crippen LogP contribution is -2.22. The second-order valence-electron chi connectivity index (χ2n) is 7.12. The van der Waals surface area contributed by atoms with Crippen LogP contribution in [0.3, 0.4) is 0 Å². The molecule has 0 aliphatic carbocycles. The third-order valence-electron chi connectivity index (χ3n) is 5.31. The maximum absolute atomic E-state index is 14.7. The van der Waals surface area contributed by atoms with Crippen LogP contribution < -0.4 is 5.32 Å². The van der Waals surface area contributed by atoms with E-state index in [4.69, 9.17) is 0 Å². The van der Waals surface area contributed by atoms with Gasteiger partial charge in [0.2, 0.25) is 0 Å². The molecular weight excluding hydrogens is 372 g/mol. The van der Waals surface area contributed by atoms with Crippen LogP contribution in [0.1, 0.15) is 41.4 Å². The van der Waals surface area contributed by atoms with Gasteiger partial charge in [-0.05, 0) is 49.2 Å². The van der Waals surface area contributed by atoms with Crippen LogP contribution in [0.2, 0.25) is 0 Å². The van der Waals surface area contributed by atoms with Gasteiger partial charge >= 0.3 is 0 Å². The molecule has 1 aromatic heterocycles. The van der Waals surface area contributed by atoms with E-state index in [1.807, 2.05) is 19.9 Å². The van der Waals surface area contributed by atoms with Crippen LogP contribution in [-0.4, -0.2) is 22.3 Å². The minimum atomic E-state index is -0.374. The largest absolute Gasteiger partial charge is 0.363 e. The highest BCUT2D eigenvalue weighted by molar-refractivity contribution is 5.99. The van der Waals surface area contributed by atoms with Crippen molar-refractivity contribution in [3.05, 3.63) is 83.1 Å². The number of fused-ring (bicyclic) bond motifs is 1. The fraction of sp³-hybridized carbons (Fsp3) is 0.217. The molecule has 148 valence electrons. The molecule has 0 saturated heterocycles. The topological polar surface area (TPSA) is 45.2 Å². The van der Waals surface area contributed by atoms with Crippen molar-refractivity contribution in [2.24, 2.45) is 0 Å². The average molecular weight is 393 g/mol. The van der Waals surface area contributed by atoms with Crippen LogP contribution in [0.15, 0.2) is 54.7 Å². The van der Waals surface area contributed by atoms with Gasteiger partial charge in [-0.25, -0.2) is 13.8 Å². The van der Waals surface area contributed by atoms with E-state index in [-0.39, 0.29) is 23.6 Å². The summed E-state index contributed by atoms with van der Waals surface area (Å²) in [7, 11) is 0. The van der Waals surface area contributed by atoms with Crippen LogP contribution in [-0.2, 0) is 6.54 Å². The smallest absolute Gasteiger partial charge is 0.254 e. The monoisotopic (exact) mass is 393 g/mol. The number of nitrogens with one attached hydrogen (secondary N) is 1. The molecule has 0 bridgehead atoms. The number of carbonyl (C=O) groups excluding carboxylic acids is 1. The lowest BCUT2D eigenvalue weighted by molar-refractivity contribution is 0.0787. The number of rotatable bonds is 5. The second kappa shape index (κ2) is 7.62. The number of hydrogen-bond donors (Lipinski definition) is 1. The summed E-state index contributed by atoms with van der Waals surface area (Å²) < 4.78 is 27.8. The Kier molecular flexibility index (Phi) is 5.01. The number of anilines is 1. The molecular formula is C23H21F2N3O. The van der Waals surface area contributed by atoms with Crippen LogP contribution in [0, 0.1) is 11.6 Å². The van der Waals surface area contributed by atoms with E-state index in [1.165, 1.54) is 18.2 Å². The van der Waals surface area contributed by atoms with Crippen LogP contribution in [0.25, 0.3) is 11.1 Å². The van der Waals surface area contributed by atoms with E-state index in [0.717, 1.165) is 11.1 Å². The van der Waals surface area contributed by atoms with Crippen molar-refractivity contribution in [3.8, 4) is 11.1 Å². The molecule has 0 fully saturated rings. The van der Waals surface area contributed by atoms with Crippen LogP contribution >= 0.6 is 0 Å². The Morgan fingerprint density at radius 3 is 2.55 bits per heavy atom. The zero-order valence-corrected chi connectivity index (χ0v) is 16.2. The van der Waals surface area contributed by atoms with Gasteiger partial charge in [0.25, 0.3) is 5.91 Å². The fourth-order valence-electron chi connectivity index (χ4n) is 3.62. The van der Waals surface area contributed by atoms with E-state index >= 15 is 0 Å². The SMILES string of the molecule is CCN1Cc2c(ccnc2NC(C)c2ccc(-c3ccc(F)cc3)c(F)c2)C1=O. The van der Waals surface area contributed by atoms with E-state index in [0.29, 0.717) is 35.6 Å². The molecule has 4 rings (SSSR count). The average Bonchev–Trinajstić information content (AvgIpc) is 3.05. The molecule has 4 nitrogen and oxygen atoms in total. The van der Waals surface area contributed by atoms with Crippen molar-refractivity contribution in [1.29, 1.82) is 0 Å². The summed E-state index contributed by atoms with van der Waals surface area (Å²) in [5, 5.41) is 3.31. The Morgan fingerprint density at radius 1 is 1.10 bits per heavy atom. The van der Waals surface area contributed by atoms with E-state index in [9.17, 15) is 13.6 Å². The van der Waals surface area contributed by atoms with Gasteiger partial charge in [0.15, 0.2) is 0 Å². The second-order valence-corrected chi connectivity index (χ2v) is 7.12. The number of amides is 1. The van der Waals surface area contributed by atoms with Crippen molar-refractivity contribution < 1.29 is 13.6 Å². The zero-order valence-electron chi connectivity index (χ0n) is 16.2. The van der Waals surface area contributed by atoms with Crippen LogP contribution in [0.4, 0.5) is 14.6 Å². The molecule has 29 heavy (non-hydrogen) atoms. The summed E-state index contributed by atoms with van der Waals surface area (Å²) in [5.74, 6) is -0.0782. The first-order valence-corrected chi connectivity index (χ1v) is 9.57. The predicted molar refractivity (Wildman–Crippen MR) is 108 cm³/mol. The number of benzene rings is 2. The molecule has 0 radical (unpaired) electrons. The van der Waals surface area contributed by atoms with E-state index < -0.39 is 0 Å². The maximum atomic E-state index is 14.7. The highest BCUT2D eigenvalue weighted by Gasteiger charge is 2.29. The molecule has 1 atom stereocenters. The fourth-order valence-corrected chi connectivity index (χ4v) is 3.62. The zero-order chi connectivity index (χ0) is 20.5. The van der Waals surface area contributed by atoms with Crippen molar-refractivity contribution in [3.63, 3.8) is 0 Å². The summed E-state index contributed by atoms with van der Waals surface area (Å²) in [6.45, 7) is 5.02. The summed E-state index contributed by atoms with van der Waals surface area (Å²) in [6, 6.07) is 12.3. The van der Waals surface area contributed by atoms with Gasteiger partial charge in [0.1, 0.15) is 17.5 Å². The predicted octanol–water partition coefficient (Wildman–Crippen LogP) is 5.18. The Bertz CT molecular complexity index is 1070. The quantitative estimate of drug-likeness (QED) is 0.650. The lowest BCUT2D eigenvalue weighted by Gasteiger charge is -2.18. The molecule has 0 saturated carbocycles. The Labute approximate surface area is 168 Å². The molecule has 1 amide bonds. The van der Waals surface area contributed by atoms with Crippen molar-refractivity contribution in [2.75, 3.05) is 11.9 Å². The number of nitrogens with zero attached hydrogens (tertiary/aromatic N) is 2. The van der Waals surface area contributed by atoms with Gasteiger partial charge in [0.05, 0.1) is 12.6 Å². The van der Waals surface area contributed by atoms with Crippen molar-refractivity contribution in [1.82, 2.24) is 9.88 Å². The standard InChI is InChI=1S/C23H21F2N3O/c1-3-28-13-20-19(23(28)29)10-11-26-22(20)27-14(2)16-6-9-18(21(25)12-16)15-4-7-17(24)8-5-15/h4-12,14H,3,13H2,1-2H3,(H,26,27). The normalized spacial score (nSPS) is 14.1. The van der Waals surface area contributed by atoms with Gasteiger partial charge in [-0.15, -0.1) is 0 Å². The van der Waals surface area contributed by atoms with E-state index in [1.54, 1.807) is 35.4 Å². The third-order valence-corrected chi connectivity index (χ3v) is 5.31.